The molecule has 1 aliphatic rings. The van der Waals surface area contributed by atoms with Gasteiger partial charge in [-0.3, -0.25) is 4.79 Å². The Labute approximate surface area is 154 Å². The van der Waals surface area contributed by atoms with E-state index in [-0.39, 0.29) is 11.9 Å². The summed E-state index contributed by atoms with van der Waals surface area (Å²) >= 11 is 0. The Morgan fingerprint density at radius 2 is 2.12 bits per heavy atom. The molecule has 0 spiro atoms. The first-order valence-corrected chi connectivity index (χ1v) is 9.47. The lowest BCUT2D eigenvalue weighted by Crippen LogP contribution is -2.46. The molecule has 0 radical (unpaired) electrons. The monoisotopic (exact) mass is 356 g/mol. The van der Waals surface area contributed by atoms with Crippen molar-refractivity contribution in [3.05, 3.63) is 35.7 Å². The Bertz CT molecular complexity index is 724. The topological polar surface area (TPSA) is 80.1 Å². The second kappa shape index (κ2) is 8.45. The van der Waals surface area contributed by atoms with Crippen LogP contribution >= 0.6 is 0 Å². The highest BCUT2D eigenvalue weighted by atomic mass is 16.5. The van der Waals surface area contributed by atoms with E-state index in [2.05, 4.69) is 53.7 Å². The molecule has 1 amide bonds. The average Bonchev–Trinajstić information content (AvgIpc) is 3.09. The second-order valence-corrected chi connectivity index (χ2v) is 7.43. The molecule has 2 atom stereocenters. The first-order valence-electron chi connectivity index (χ1n) is 9.47. The lowest BCUT2D eigenvalue weighted by Gasteiger charge is -2.28. The number of piperidine rings is 1. The van der Waals surface area contributed by atoms with Crippen LogP contribution in [0, 0.1) is 0 Å². The number of benzene rings is 1. The van der Waals surface area contributed by atoms with Gasteiger partial charge in [0, 0.05) is 30.5 Å². The lowest BCUT2D eigenvalue weighted by molar-refractivity contribution is -0.122. The van der Waals surface area contributed by atoms with E-state index < -0.39 is 0 Å². The van der Waals surface area contributed by atoms with Crippen LogP contribution in [0.3, 0.4) is 0 Å². The van der Waals surface area contributed by atoms with E-state index in [1.165, 1.54) is 5.56 Å². The summed E-state index contributed by atoms with van der Waals surface area (Å²) in [6.07, 6.45) is 2.78. The van der Waals surface area contributed by atoms with Gasteiger partial charge in [0.15, 0.2) is 0 Å². The van der Waals surface area contributed by atoms with Crippen molar-refractivity contribution in [3.8, 4) is 11.4 Å². The SMILES string of the molecule is CC1CC(NC(=O)CCc2nc(-c3ccc(C(C)C)cc3)no2)CCN1. The third kappa shape index (κ3) is 4.91. The fraction of sp³-hybridized carbons (Fsp3) is 0.550. The van der Waals surface area contributed by atoms with Gasteiger partial charge in [-0.1, -0.05) is 43.3 Å². The van der Waals surface area contributed by atoms with Gasteiger partial charge in [-0.2, -0.15) is 4.98 Å². The molecule has 2 heterocycles. The van der Waals surface area contributed by atoms with E-state index in [0.29, 0.717) is 36.5 Å². The molecule has 1 aliphatic heterocycles. The van der Waals surface area contributed by atoms with Gasteiger partial charge >= 0.3 is 0 Å². The molecule has 1 fully saturated rings. The Morgan fingerprint density at radius 3 is 2.81 bits per heavy atom. The zero-order chi connectivity index (χ0) is 18.5. The molecule has 0 saturated carbocycles. The number of aromatic nitrogens is 2. The van der Waals surface area contributed by atoms with Crippen molar-refractivity contribution in [2.45, 2.75) is 64.5 Å². The summed E-state index contributed by atoms with van der Waals surface area (Å²) in [4.78, 5) is 16.6. The average molecular weight is 356 g/mol. The van der Waals surface area contributed by atoms with Crippen LogP contribution in [-0.4, -0.2) is 34.7 Å². The first-order chi connectivity index (χ1) is 12.5. The molecular weight excluding hydrogens is 328 g/mol. The van der Waals surface area contributed by atoms with Crippen molar-refractivity contribution in [3.63, 3.8) is 0 Å². The first kappa shape index (κ1) is 18.6. The number of aryl methyl sites for hydroxylation is 1. The lowest BCUT2D eigenvalue weighted by atomic mass is 10.0. The maximum absolute atomic E-state index is 12.1. The van der Waals surface area contributed by atoms with Crippen molar-refractivity contribution in [1.29, 1.82) is 0 Å². The number of carbonyl (C=O) groups excluding carboxylic acids is 1. The van der Waals surface area contributed by atoms with Crippen LogP contribution in [0.15, 0.2) is 28.8 Å². The minimum atomic E-state index is 0.0464. The third-order valence-electron chi connectivity index (χ3n) is 4.86. The molecule has 3 rings (SSSR count). The molecule has 6 heteroatoms. The maximum Gasteiger partial charge on any atom is 0.227 e. The van der Waals surface area contributed by atoms with Crippen molar-refractivity contribution in [2.75, 3.05) is 6.54 Å². The number of carbonyl (C=O) groups is 1. The van der Waals surface area contributed by atoms with Crippen LogP contribution in [0.2, 0.25) is 0 Å². The number of nitrogens with one attached hydrogen (secondary N) is 2. The minimum absolute atomic E-state index is 0.0464. The zero-order valence-corrected chi connectivity index (χ0v) is 15.8. The molecular formula is C20H28N4O2. The normalized spacial score (nSPS) is 20.3. The second-order valence-electron chi connectivity index (χ2n) is 7.43. The van der Waals surface area contributed by atoms with Crippen molar-refractivity contribution >= 4 is 5.91 Å². The summed E-state index contributed by atoms with van der Waals surface area (Å²) in [5.74, 6) is 1.61. The van der Waals surface area contributed by atoms with Crippen LogP contribution < -0.4 is 10.6 Å². The summed E-state index contributed by atoms with van der Waals surface area (Å²) < 4.78 is 5.30. The van der Waals surface area contributed by atoms with Gasteiger partial charge in [0.1, 0.15) is 0 Å². The highest BCUT2D eigenvalue weighted by Crippen LogP contribution is 2.20. The Kier molecular flexibility index (Phi) is 6.04. The molecule has 26 heavy (non-hydrogen) atoms. The zero-order valence-electron chi connectivity index (χ0n) is 15.8. The van der Waals surface area contributed by atoms with Gasteiger partial charge in [-0.05, 0) is 37.8 Å². The third-order valence-corrected chi connectivity index (χ3v) is 4.86. The number of rotatable bonds is 6. The van der Waals surface area contributed by atoms with Crippen LogP contribution in [0.4, 0.5) is 0 Å². The summed E-state index contributed by atoms with van der Waals surface area (Å²) in [7, 11) is 0. The molecule has 0 aliphatic carbocycles. The van der Waals surface area contributed by atoms with Gasteiger partial charge in [-0.15, -0.1) is 0 Å². The van der Waals surface area contributed by atoms with E-state index in [1.54, 1.807) is 0 Å². The summed E-state index contributed by atoms with van der Waals surface area (Å²) in [6.45, 7) is 7.43. The van der Waals surface area contributed by atoms with E-state index in [4.69, 9.17) is 4.52 Å². The molecule has 1 saturated heterocycles. The number of hydrogen-bond donors (Lipinski definition) is 2. The summed E-state index contributed by atoms with van der Waals surface area (Å²) in [6, 6.07) is 8.91. The van der Waals surface area contributed by atoms with E-state index in [9.17, 15) is 4.79 Å². The standard InChI is InChI=1S/C20H28N4O2/c1-13(2)15-4-6-16(7-5-15)20-23-19(26-24-20)9-8-18(25)22-17-10-11-21-14(3)12-17/h4-7,13-14,17,21H,8-12H2,1-3H3,(H,22,25). The molecule has 1 aromatic carbocycles. The van der Waals surface area contributed by atoms with Crippen LogP contribution in [0.25, 0.3) is 11.4 Å². The summed E-state index contributed by atoms with van der Waals surface area (Å²) in [5, 5.41) is 10.5. The quantitative estimate of drug-likeness (QED) is 0.831. The van der Waals surface area contributed by atoms with Gasteiger partial charge in [-0.25, -0.2) is 0 Å². The van der Waals surface area contributed by atoms with Gasteiger partial charge in [0.2, 0.25) is 17.6 Å². The van der Waals surface area contributed by atoms with Gasteiger partial charge in [0.25, 0.3) is 0 Å². The smallest absolute Gasteiger partial charge is 0.227 e. The van der Waals surface area contributed by atoms with E-state index in [1.807, 2.05) is 12.1 Å². The molecule has 6 nitrogen and oxygen atoms in total. The minimum Gasteiger partial charge on any atom is -0.353 e. The van der Waals surface area contributed by atoms with Gasteiger partial charge in [0.05, 0.1) is 0 Å². The van der Waals surface area contributed by atoms with Crippen LogP contribution in [0.5, 0.6) is 0 Å². The van der Waals surface area contributed by atoms with Crippen molar-refractivity contribution in [2.24, 2.45) is 0 Å². The number of hydrogen-bond acceptors (Lipinski definition) is 5. The van der Waals surface area contributed by atoms with E-state index in [0.717, 1.165) is 24.9 Å². The maximum atomic E-state index is 12.1. The highest BCUT2D eigenvalue weighted by molar-refractivity contribution is 5.76. The van der Waals surface area contributed by atoms with Crippen LogP contribution in [0.1, 0.15) is 57.4 Å². The largest absolute Gasteiger partial charge is 0.353 e. The van der Waals surface area contributed by atoms with Crippen LogP contribution in [-0.2, 0) is 11.2 Å². The molecule has 140 valence electrons. The fourth-order valence-electron chi connectivity index (χ4n) is 3.27. The Balaban J connectivity index is 1.51. The number of amides is 1. The van der Waals surface area contributed by atoms with Crippen molar-refractivity contribution in [1.82, 2.24) is 20.8 Å². The predicted molar refractivity (Wildman–Crippen MR) is 101 cm³/mol. The predicted octanol–water partition coefficient (Wildman–Crippen LogP) is 3.05. The van der Waals surface area contributed by atoms with Gasteiger partial charge < -0.3 is 15.2 Å². The molecule has 2 aromatic rings. The molecule has 2 N–H and O–H groups in total. The summed E-state index contributed by atoms with van der Waals surface area (Å²) in [5.41, 5.74) is 2.21. The Hall–Kier alpha value is -2.21. The highest BCUT2D eigenvalue weighted by Gasteiger charge is 2.20. The Morgan fingerprint density at radius 1 is 1.35 bits per heavy atom. The molecule has 1 aromatic heterocycles. The van der Waals surface area contributed by atoms with E-state index >= 15 is 0 Å². The number of nitrogens with zero attached hydrogens (tertiary/aromatic N) is 2. The van der Waals surface area contributed by atoms with Crippen molar-refractivity contribution < 1.29 is 9.32 Å². The molecule has 0 bridgehead atoms. The fourth-order valence-corrected chi connectivity index (χ4v) is 3.27. The molecule has 2 unspecified atom stereocenters.